The average Bonchev–Trinajstić information content (AvgIpc) is 1.84. The molecule has 0 spiro atoms. The molecular weight excluding hydrogens is 183 g/mol. The van der Waals surface area contributed by atoms with Gasteiger partial charge < -0.3 is 0 Å². The van der Waals surface area contributed by atoms with Crippen LogP contribution in [-0.4, -0.2) is 35.9 Å². The largest absolute Gasteiger partial charge is 0.273 e. The molecule has 0 aromatic carbocycles. The fraction of sp³-hybridized carbons (Fsp3) is 0.667. The Kier molecular flexibility index (Phi) is 6.22. The van der Waals surface area contributed by atoms with Crippen LogP contribution in [0, 0.1) is 0 Å². The summed E-state index contributed by atoms with van der Waals surface area (Å²) < 4.78 is 0. The van der Waals surface area contributed by atoms with E-state index in [1.807, 2.05) is 0 Å². The zero-order valence-corrected chi connectivity index (χ0v) is 8.55. The van der Waals surface area contributed by atoms with E-state index in [-0.39, 0.29) is 30.4 Å². The third-order valence-electron chi connectivity index (χ3n) is 1.36. The van der Waals surface area contributed by atoms with Gasteiger partial charge in [0.05, 0.1) is 0 Å². The SMILES string of the molecule is CC(=O)N(C)N(C)C(C)=O.[V]. The van der Waals surface area contributed by atoms with Gasteiger partial charge in [-0.1, -0.05) is 0 Å². The van der Waals surface area contributed by atoms with Crippen molar-refractivity contribution >= 4 is 11.8 Å². The van der Waals surface area contributed by atoms with Crippen LogP contribution < -0.4 is 0 Å². The molecule has 1 radical (unpaired) electrons. The van der Waals surface area contributed by atoms with E-state index in [4.69, 9.17) is 0 Å². The van der Waals surface area contributed by atoms with Gasteiger partial charge in [-0.2, -0.15) is 0 Å². The molecule has 2 amide bonds. The van der Waals surface area contributed by atoms with Gasteiger partial charge in [-0.25, -0.2) is 0 Å². The van der Waals surface area contributed by atoms with Crippen molar-refractivity contribution in [1.29, 1.82) is 0 Å². The minimum absolute atomic E-state index is 0. The second-order valence-corrected chi connectivity index (χ2v) is 2.09. The average molecular weight is 195 g/mol. The Morgan fingerprint density at radius 2 is 1.09 bits per heavy atom. The van der Waals surface area contributed by atoms with Crippen LogP contribution in [0.25, 0.3) is 0 Å². The van der Waals surface area contributed by atoms with Crippen molar-refractivity contribution in [3.8, 4) is 0 Å². The molecule has 0 bridgehead atoms. The molecule has 0 saturated heterocycles. The van der Waals surface area contributed by atoms with Crippen molar-refractivity contribution < 1.29 is 28.1 Å². The number of hydrogen-bond acceptors (Lipinski definition) is 2. The maximum absolute atomic E-state index is 10.6. The van der Waals surface area contributed by atoms with Gasteiger partial charge in [-0.3, -0.25) is 19.6 Å². The molecule has 0 aliphatic heterocycles. The minimum Gasteiger partial charge on any atom is -0.273 e. The fourth-order valence-electron chi connectivity index (χ4n) is 0.422. The summed E-state index contributed by atoms with van der Waals surface area (Å²) in [5.41, 5.74) is 0. The third kappa shape index (κ3) is 4.06. The van der Waals surface area contributed by atoms with Crippen molar-refractivity contribution in [1.82, 2.24) is 10.0 Å². The third-order valence-corrected chi connectivity index (χ3v) is 1.36. The normalized spacial score (nSPS) is 8.00. The van der Waals surface area contributed by atoms with Crippen LogP contribution in [0.1, 0.15) is 13.8 Å². The first kappa shape index (κ1) is 13.1. The standard InChI is InChI=1S/C6H12N2O2.V/c1-5(9)7(3)8(4)6(2)10;/h1-4H3;. The van der Waals surface area contributed by atoms with E-state index in [0.29, 0.717) is 0 Å². The summed E-state index contributed by atoms with van der Waals surface area (Å²) in [5.74, 6) is -0.310. The van der Waals surface area contributed by atoms with E-state index in [0.717, 1.165) is 0 Å². The number of hydrogen-bond donors (Lipinski definition) is 0. The van der Waals surface area contributed by atoms with Crippen molar-refractivity contribution in [2.75, 3.05) is 14.1 Å². The van der Waals surface area contributed by atoms with Crippen LogP contribution in [0.2, 0.25) is 0 Å². The molecule has 0 aliphatic rings. The first-order chi connectivity index (χ1) is 4.46. The second-order valence-electron chi connectivity index (χ2n) is 2.09. The van der Waals surface area contributed by atoms with E-state index in [1.165, 1.54) is 23.9 Å². The summed E-state index contributed by atoms with van der Waals surface area (Å²) in [5, 5.41) is 2.50. The van der Waals surface area contributed by atoms with Crippen LogP contribution in [0.4, 0.5) is 0 Å². The minimum atomic E-state index is -0.155. The second kappa shape index (κ2) is 5.21. The molecule has 0 unspecified atom stereocenters. The number of hydrazine groups is 1. The first-order valence-electron chi connectivity index (χ1n) is 2.95. The number of nitrogens with zero attached hydrogens (tertiary/aromatic N) is 2. The van der Waals surface area contributed by atoms with Gasteiger partial charge in [0.1, 0.15) is 0 Å². The van der Waals surface area contributed by atoms with Gasteiger partial charge in [0.25, 0.3) is 0 Å². The van der Waals surface area contributed by atoms with Crippen LogP contribution >= 0.6 is 0 Å². The summed E-state index contributed by atoms with van der Waals surface area (Å²) in [6, 6.07) is 0. The number of amides is 2. The Balaban J connectivity index is 0. The molecule has 0 heterocycles. The van der Waals surface area contributed by atoms with E-state index >= 15 is 0 Å². The van der Waals surface area contributed by atoms with Gasteiger partial charge in [0, 0.05) is 46.5 Å². The zero-order chi connectivity index (χ0) is 8.31. The van der Waals surface area contributed by atoms with Crippen molar-refractivity contribution in [2.45, 2.75) is 13.8 Å². The maximum Gasteiger partial charge on any atom is 0.237 e. The van der Waals surface area contributed by atoms with Crippen molar-refractivity contribution in [3.05, 3.63) is 0 Å². The molecule has 0 aromatic heterocycles. The molecular formula is C6H12N2O2V. The number of carbonyl (C=O) groups is 2. The van der Waals surface area contributed by atoms with E-state index in [1.54, 1.807) is 14.1 Å². The van der Waals surface area contributed by atoms with E-state index < -0.39 is 0 Å². The molecule has 4 nitrogen and oxygen atoms in total. The molecule has 0 saturated carbocycles. The molecule has 0 fully saturated rings. The van der Waals surface area contributed by atoms with Gasteiger partial charge in [0.2, 0.25) is 11.8 Å². The summed E-state index contributed by atoms with van der Waals surface area (Å²) in [6.07, 6.45) is 0. The Labute approximate surface area is 78.4 Å². The molecule has 0 rings (SSSR count). The van der Waals surface area contributed by atoms with E-state index in [2.05, 4.69) is 0 Å². The van der Waals surface area contributed by atoms with Crippen LogP contribution in [0.5, 0.6) is 0 Å². The molecule has 63 valence electrons. The summed E-state index contributed by atoms with van der Waals surface area (Å²) in [4.78, 5) is 21.2. The van der Waals surface area contributed by atoms with Gasteiger partial charge in [0.15, 0.2) is 0 Å². The quantitative estimate of drug-likeness (QED) is 0.504. The molecule has 0 aliphatic carbocycles. The molecule has 11 heavy (non-hydrogen) atoms. The Bertz CT molecular complexity index is 143. The maximum atomic E-state index is 10.6. The number of rotatable bonds is 0. The Morgan fingerprint density at radius 1 is 0.909 bits per heavy atom. The van der Waals surface area contributed by atoms with Gasteiger partial charge in [-0.15, -0.1) is 0 Å². The predicted octanol–water partition coefficient (Wildman–Crippen LogP) is -0.144. The molecule has 0 atom stereocenters. The molecule has 0 N–H and O–H groups in total. The first-order valence-corrected chi connectivity index (χ1v) is 2.95. The molecule has 0 aromatic rings. The summed E-state index contributed by atoms with van der Waals surface area (Å²) in [6.45, 7) is 2.80. The van der Waals surface area contributed by atoms with E-state index in [9.17, 15) is 9.59 Å². The summed E-state index contributed by atoms with van der Waals surface area (Å²) in [7, 11) is 3.09. The fourth-order valence-corrected chi connectivity index (χ4v) is 0.422. The van der Waals surface area contributed by atoms with Crippen LogP contribution in [0.15, 0.2) is 0 Å². The van der Waals surface area contributed by atoms with Gasteiger partial charge in [-0.05, 0) is 0 Å². The Morgan fingerprint density at radius 3 is 1.18 bits per heavy atom. The van der Waals surface area contributed by atoms with Gasteiger partial charge >= 0.3 is 0 Å². The van der Waals surface area contributed by atoms with Crippen LogP contribution in [0.3, 0.4) is 0 Å². The monoisotopic (exact) mass is 195 g/mol. The van der Waals surface area contributed by atoms with Crippen molar-refractivity contribution in [3.63, 3.8) is 0 Å². The summed E-state index contributed by atoms with van der Waals surface area (Å²) >= 11 is 0. The predicted molar refractivity (Wildman–Crippen MR) is 36.9 cm³/mol. The number of carbonyl (C=O) groups excluding carboxylic acids is 2. The Hall–Kier alpha value is -0.476. The van der Waals surface area contributed by atoms with Crippen LogP contribution in [-0.2, 0) is 28.1 Å². The van der Waals surface area contributed by atoms with Crippen molar-refractivity contribution in [2.24, 2.45) is 0 Å². The smallest absolute Gasteiger partial charge is 0.237 e. The topological polar surface area (TPSA) is 40.6 Å². The molecule has 5 heteroatoms. The zero-order valence-electron chi connectivity index (χ0n) is 7.16.